The van der Waals surface area contributed by atoms with E-state index >= 15 is 0 Å². The number of aromatic nitrogens is 2. The number of carbonyl (C=O) groups is 1. The molecule has 138 valence electrons. The normalized spacial score (nSPS) is 16.1. The van der Waals surface area contributed by atoms with Crippen LogP contribution in [0.2, 0.25) is 0 Å². The lowest BCUT2D eigenvalue weighted by atomic mass is 9.82. The van der Waals surface area contributed by atoms with Crippen LogP contribution in [0.3, 0.4) is 0 Å². The van der Waals surface area contributed by atoms with Gasteiger partial charge >= 0.3 is 0 Å². The zero-order chi connectivity index (χ0) is 19.0. The number of methoxy groups -OCH3 is 2. The Kier molecular flexibility index (Phi) is 4.39. The van der Waals surface area contributed by atoms with Crippen molar-refractivity contribution < 1.29 is 18.7 Å². The molecule has 3 aromatic rings. The van der Waals surface area contributed by atoms with Crippen molar-refractivity contribution in [2.45, 2.75) is 18.8 Å². The van der Waals surface area contributed by atoms with Crippen LogP contribution in [0.5, 0.6) is 11.5 Å². The van der Waals surface area contributed by atoms with Gasteiger partial charge in [-0.05, 0) is 42.2 Å². The van der Waals surface area contributed by atoms with Gasteiger partial charge in [0.05, 0.1) is 31.7 Å². The number of ketones is 1. The highest BCUT2D eigenvalue weighted by molar-refractivity contribution is 5.98. The van der Waals surface area contributed by atoms with Crippen LogP contribution in [0.25, 0.3) is 5.69 Å². The second-order valence-corrected chi connectivity index (χ2v) is 6.51. The molecular weight excluding hydrogens is 347 g/mol. The molecule has 0 saturated heterocycles. The number of ether oxygens (including phenoxy) is 2. The van der Waals surface area contributed by atoms with Gasteiger partial charge in [-0.3, -0.25) is 4.79 Å². The van der Waals surface area contributed by atoms with Crippen LogP contribution in [0.15, 0.2) is 48.7 Å². The van der Waals surface area contributed by atoms with E-state index in [1.807, 2.05) is 18.2 Å². The van der Waals surface area contributed by atoms with Gasteiger partial charge in [-0.1, -0.05) is 18.2 Å². The molecule has 0 spiro atoms. The van der Waals surface area contributed by atoms with Gasteiger partial charge in [0.15, 0.2) is 17.3 Å². The summed E-state index contributed by atoms with van der Waals surface area (Å²) in [6.07, 6.45) is 2.51. The van der Waals surface area contributed by atoms with Crippen molar-refractivity contribution in [3.63, 3.8) is 0 Å². The Labute approximate surface area is 156 Å². The summed E-state index contributed by atoms with van der Waals surface area (Å²) in [7, 11) is 3.17. The standard InChI is InChI=1S/C21H19FN2O3/c1-26-20-8-7-13(11-21(20)27-2)14-9-18-15(19(25)10-14)12-23-24(18)17-6-4-3-5-16(17)22/h3-8,11-12,14H,9-10H2,1-2H3/t14-/m0/s1. The fourth-order valence-electron chi connectivity index (χ4n) is 3.62. The summed E-state index contributed by atoms with van der Waals surface area (Å²) in [6, 6.07) is 12.1. The first kappa shape index (κ1) is 17.3. The highest BCUT2D eigenvalue weighted by Crippen LogP contribution is 2.37. The van der Waals surface area contributed by atoms with E-state index in [1.165, 1.54) is 16.9 Å². The number of rotatable bonds is 4. The molecule has 1 atom stereocenters. The third kappa shape index (κ3) is 2.97. The van der Waals surface area contributed by atoms with Crippen LogP contribution in [0.4, 0.5) is 4.39 Å². The third-order valence-electron chi connectivity index (χ3n) is 5.00. The minimum atomic E-state index is -0.371. The quantitative estimate of drug-likeness (QED) is 0.702. The van der Waals surface area contributed by atoms with E-state index in [1.54, 1.807) is 32.4 Å². The number of Topliss-reactive ketones (excluding diaryl/α,β-unsaturated/α-hetero) is 1. The minimum absolute atomic E-state index is 0.0126. The lowest BCUT2D eigenvalue weighted by Crippen LogP contribution is -2.20. The monoisotopic (exact) mass is 366 g/mol. The van der Waals surface area contributed by atoms with E-state index in [4.69, 9.17) is 9.47 Å². The summed E-state index contributed by atoms with van der Waals surface area (Å²) in [5, 5.41) is 4.28. The number of nitrogens with zero attached hydrogens (tertiary/aromatic N) is 2. The topological polar surface area (TPSA) is 53.3 Å². The first-order chi connectivity index (χ1) is 13.1. The van der Waals surface area contributed by atoms with Gasteiger partial charge in [-0.2, -0.15) is 5.10 Å². The smallest absolute Gasteiger partial charge is 0.166 e. The summed E-state index contributed by atoms with van der Waals surface area (Å²) >= 11 is 0. The van der Waals surface area contributed by atoms with Crippen molar-refractivity contribution in [3.8, 4) is 17.2 Å². The van der Waals surface area contributed by atoms with Crippen LogP contribution in [0.1, 0.15) is 34.0 Å². The number of carbonyl (C=O) groups excluding carboxylic acids is 1. The molecule has 0 saturated carbocycles. The summed E-state index contributed by atoms with van der Waals surface area (Å²) in [4.78, 5) is 12.7. The second-order valence-electron chi connectivity index (χ2n) is 6.51. The highest BCUT2D eigenvalue weighted by atomic mass is 19.1. The van der Waals surface area contributed by atoms with Crippen molar-refractivity contribution in [1.29, 1.82) is 0 Å². The minimum Gasteiger partial charge on any atom is -0.493 e. The van der Waals surface area contributed by atoms with Gasteiger partial charge in [-0.15, -0.1) is 0 Å². The van der Waals surface area contributed by atoms with Gasteiger partial charge in [0.1, 0.15) is 11.5 Å². The summed E-state index contributed by atoms with van der Waals surface area (Å²) in [5.74, 6) is 0.867. The molecule has 5 nitrogen and oxygen atoms in total. The molecule has 6 heteroatoms. The number of benzene rings is 2. The average molecular weight is 366 g/mol. The fraction of sp³-hybridized carbons (Fsp3) is 0.238. The number of para-hydroxylation sites is 1. The van der Waals surface area contributed by atoms with Crippen molar-refractivity contribution >= 4 is 5.78 Å². The van der Waals surface area contributed by atoms with Gasteiger partial charge in [0.2, 0.25) is 0 Å². The molecule has 1 aliphatic rings. The average Bonchev–Trinajstić information content (AvgIpc) is 3.12. The van der Waals surface area contributed by atoms with Gasteiger partial charge in [0.25, 0.3) is 0 Å². The Morgan fingerprint density at radius 1 is 1.07 bits per heavy atom. The molecule has 1 aromatic heterocycles. The first-order valence-corrected chi connectivity index (χ1v) is 8.69. The molecule has 4 rings (SSSR count). The van der Waals surface area contributed by atoms with Crippen molar-refractivity contribution in [3.05, 3.63) is 71.3 Å². The zero-order valence-electron chi connectivity index (χ0n) is 15.1. The lowest BCUT2D eigenvalue weighted by Gasteiger charge is -2.23. The number of halogens is 1. The van der Waals surface area contributed by atoms with Crippen molar-refractivity contribution in [1.82, 2.24) is 9.78 Å². The molecule has 0 radical (unpaired) electrons. The molecule has 1 heterocycles. The van der Waals surface area contributed by atoms with Crippen LogP contribution in [-0.2, 0) is 6.42 Å². The summed E-state index contributed by atoms with van der Waals surface area (Å²) < 4.78 is 26.4. The molecule has 0 bridgehead atoms. The Balaban J connectivity index is 1.74. The molecule has 1 aliphatic carbocycles. The first-order valence-electron chi connectivity index (χ1n) is 8.69. The zero-order valence-corrected chi connectivity index (χ0v) is 15.1. The van der Waals surface area contributed by atoms with Gasteiger partial charge in [-0.25, -0.2) is 9.07 Å². The van der Waals surface area contributed by atoms with E-state index < -0.39 is 0 Å². The number of hydrogen-bond acceptors (Lipinski definition) is 4. The maximum atomic E-state index is 14.2. The molecule has 2 aromatic carbocycles. The number of hydrogen-bond donors (Lipinski definition) is 0. The van der Waals surface area contributed by atoms with Crippen molar-refractivity contribution in [2.75, 3.05) is 14.2 Å². The highest BCUT2D eigenvalue weighted by Gasteiger charge is 2.31. The van der Waals surface area contributed by atoms with Crippen LogP contribution in [0, 0.1) is 5.82 Å². The molecular formula is C21H19FN2O3. The van der Waals surface area contributed by atoms with E-state index in [2.05, 4.69) is 5.10 Å². The lowest BCUT2D eigenvalue weighted by molar-refractivity contribution is 0.0963. The van der Waals surface area contributed by atoms with E-state index in [-0.39, 0.29) is 17.5 Å². The third-order valence-corrected chi connectivity index (χ3v) is 5.00. The largest absolute Gasteiger partial charge is 0.493 e. The maximum absolute atomic E-state index is 14.2. The van der Waals surface area contributed by atoms with Crippen molar-refractivity contribution in [2.24, 2.45) is 0 Å². The van der Waals surface area contributed by atoms with Crippen LogP contribution in [-0.4, -0.2) is 29.8 Å². The maximum Gasteiger partial charge on any atom is 0.166 e. The molecule has 0 N–H and O–H groups in total. The SMILES string of the molecule is COc1ccc([C@@H]2CC(=O)c3cnn(-c4ccccc4F)c3C2)cc1OC. The van der Waals surface area contributed by atoms with Crippen LogP contribution < -0.4 is 9.47 Å². The van der Waals surface area contributed by atoms with Gasteiger partial charge < -0.3 is 9.47 Å². The van der Waals surface area contributed by atoms with E-state index in [9.17, 15) is 9.18 Å². The molecule has 0 aliphatic heterocycles. The molecule has 0 unspecified atom stereocenters. The predicted molar refractivity (Wildman–Crippen MR) is 98.5 cm³/mol. The molecule has 0 fully saturated rings. The predicted octanol–water partition coefficient (Wildman–Crippen LogP) is 3.94. The molecule has 27 heavy (non-hydrogen) atoms. The van der Waals surface area contributed by atoms with E-state index in [0.717, 1.165) is 11.3 Å². The van der Waals surface area contributed by atoms with Gasteiger partial charge in [0, 0.05) is 6.42 Å². The Morgan fingerprint density at radius 2 is 1.85 bits per heavy atom. The Bertz CT molecular complexity index is 1010. The Hall–Kier alpha value is -3.15. The fourth-order valence-corrected chi connectivity index (χ4v) is 3.62. The second kappa shape index (κ2) is 6.87. The number of fused-ring (bicyclic) bond motifs is 1. The van der Waals surface area contributed by atoms with E-state index in [0.29, 0.717) is 35.6 Å². The summed E-state index contributed by atoms with van der Waals surface area (Å²) in [6.45, 7) is 0. The Morgan fingerprint density at radius 3 is 2.59 bits per heavy atom. The van der Waals surface area contributed by atoms with Crippen LogP contribution >= 0.6 is 0 Å². The molecule has 0 amide bonds. The summed E-state index contributed by atoms with van der Waals surface area (Å²) in [5.41, 5.74) is 2.62.